The number of aromatic hydroxyl groups is 1. The lowest BCUT2D eigenvalue weighted by Crippen LogP contribution is -1.47. The van der Waals surface area contributed by atoms with Crippen LogP contribution in [0.4, 0.5) is 0 Å². The molecule has 0 amide bonds. The molecule has 12 heavy (non-hydrogen) atoms. The summed E-state index contributed by atoms with van der Waals surface area (Å²) in [6, 6.07) is 13.7. The Morgan fingerprint density at radius 3 is 1.58 bits per heavy atom. The average molecular weight is 178 g/mol. The highest BCUT2D eigenvalue weighted by Crippen LogP contribution is 2.10. The average Bonchev–Trinajstić information content (AvgIpc) is 2.60. The number of benzene rings is 1. The van der Waals surface area contributed by atoms with Gasteiger partial charge < -0.3 is 5.11 Å². The van der Waals surface area contributed by atoms with Crippen molar-refractivity contribution >= 4 is 11.3 Å². The highest BCUT2D eigenvalue weighted by molar-refractivity contribution is 7.08. The van der Waals surface area contributed by atoms with Crippen LogP contribution in [-0.4, -0.2) is 5.11 Å². The second kappa shape index (κ2) is 5.38. The van der Waals surface area contributed by atoms with E-state index in [0.717, 1.165) is 0 Å². The number of hydrogen-bond acceptors (Lipinski definition) is 2. The Morgan fingerprint density at radius 2 is 1.42 bits per heavy atom. The van der Waals surface area contributed by atoms with Crippen LogP contribution in [0.1, 0.15) is 0 Å². The van der Waals surface area contributed by atoms with Crippen molar-refractivity contribution < 1.29 is 5.11 Å². The van der Waals surface area contributed by atoms with Crippen LogP contribution in [0.15, 0.2) is 53.2 Å². The molecule has 2 aromatic rings. The van der Waals surface area contributed by atoms with Gasteiger partial charge in [0.25, 0.3) is 0 Å². The Labute approximate surface area is 75.9 Å². The Hall–Kier alpha value is -1.28. The third-order valence-electron chi connectivity index (χ3n) is 1.17. The first-order valence-corrected chi connectivity index (χ1v) is 4.55. The van der Waals surface area contributed by atoms with E-state index in [1.54, 1.807) is 11.4 Å². The van der Waals surface area contributed by atoms with E-state index in [1.165, 1.54) is 11.3 Å². The minimum absolute atomic E-state index is 0.361. The zero-order valence-corrected chi connectivity index (χ0v) is 7.37. The monoisotopic (exact) mass is 178 g/mol. The summed E-state index contributed by atoms with van der Waals surface area (Å²) in [4.78, 5) is 0. The van der Waals surface area contributed by atoms with Crippen molar-refractivity contribution in [3.8, 4) is 5.75 Å². The fourth-order valence-electron chi connectivity index (χ4n) is 0.642. The SMILES string of the molecule is Oc1ccsc1.c1ccccc1. The number of thiophene rings is 1. The summed E-state index contributed by atoms with van der Waals surface area (Å²) in [6.45, 7) is 0. The summed E-state index contributed by atoms with van der Waals surface area (Å²) in [5.41, 5.74) is 0. The summed E-state index contributed by atoms with van der Waals surface area (Å²) in [7, 11) is 0. The fraction of sp³-hybridized carbons (Fsp3) is 0. The molecule has 0 saturated carbocycles. The van der Waals surface area contributed by atoms with Crippen molar-refractivity contribution in [2.75, 3.05) is 0 Å². The van der Waals surface area contributed by atoms with Crippen molar-refractivity contribution in [1.82, 2.24) is 0 Å². The molecule has 0 aliphatic heterocycles. The van der Waals surface area contributed by atoms with Crippen LogP contribution >= 0.6 is 11.3 Å². The molecule has 0 unspecified atom stereocenters. The van der Waals surface area contributed by atoms with Gasteiger partial charge in [0, 0.05) is 5.38 Å². The molecule has 0 fully saturated rings. The first-order valence-electron chi connectivity index (χ1n) is 3.61. The van der Waals surface area contributed by atoms with Crippen molar-refractivity contribution in [2.24, 2.45) is 0 Å². The summed E-state index contributed by atoms with van der Waals surface area (Å²) in [5.74, 6) is 0.361. The minimum Gasteiger partial charge on any atom is -0.507 e. The van der Waals surface area contributed by atoms with E-state index in [1.807, 2.05) is 41.8 Å². The molecule has 1 heterocycles. The second-order valence-corrected chi connectivity index (χ2v) is 2.92. The van der Waals surface area contributed by atoms with E-state index < -0.39 is 0 Å². The van der Waals surface area contributed by atoms with Crippen LogP contribution < -0.4 is 0 Å². The molecule has 0 spiro atoms. The highest BCUT2D eigenvalue weighted by atomic mass is 32.1. The Kier molecular flexibility index (Phi) is 3.95. The fourth-order valence-corrected chi connectivity index (χ4v) is 1.16. The molecule has 2 heteroatoms. The van der Waals surface area contributed by atoms with Gasteiger partial charge >= 0.3 is 0 Å². The van der Waals surface area contributed by atoms with Crippen molar-refractivity contribution in [2.45, 2.75) is 0 Å². The summed E-state index contributed by atoms with van der Waals surface area (Å²) < 4.78 is 0. The van der Waals surface area contributed by atoms with E-state index >= 15 is 0 Å². The second-order valence-electron chi connectivity index (χ2n) is 2.14. The Morgan fingerprint density at radius 1 is 0.917 bits per heavy atom. The standard InChI is InChI=1S/C6H6.C4H4OS/c1-2-4-6-5-3-1;5-4-1-2-6-3-4/h1-6H;1-3,5H. The maximum absolute atomic E-state index is 8.48. The zero-order valence-electron chi connectivity index (χ0n) is 6.55. The van der Waals surface area contributed by atoms with E-state index in [0.29, 0.717) is 5.75 Å². The lowest BCUT2D eigenvalue weighted by atomic mass is 10.4. The molecule has 0 saturated heterocycles. The number of rotatable bonds is 0. The van der Waals surface area contributed by atoms with E-state index in [-0.39, 0.29) is 0 Å². The van der Waals surface area contributed by atoms with Crippen molar-refractivity contribution in [3.63, 3.8) is 0 Å². The van der Waals surface area contributed by atoms with Gasteiger partial charge in [0.1, 0.15) is 5.75 Å². The van der Waals surface area contributed by atoms with E-state index in [2.05, 4.69) is 0 Å². The van der Waals surface area contributed by atoms with Crippen LogP contribution in [0.5, 0.6) is 5.75 Å². The van der Waals surface area contributed by atoms with Gasteiger partial charge in [-0.3, -0.25) is 0 Å². The predicted molar refractivity (Wildman–Crippen MR) is 52.4 cm³/mol. The maximum Gasteiger partial charge on any atom is 0.126 e. The normalized spacial score (nSPS) is 8.33. The summed E-state index contributed by atoms with van der Waals surface area (Å²) >= 11 is 1.49. The van der Waals surface area contributed by atoms with E-state index in [4.69, 9.17) is 5.11 Å². The highest BCUT2D eigenvalue weighted by Gasteiger charge is 1.77. The van der Waals surface area contributed by atoms with Crippen LogP contribution in [0.25, 0.3) is 0 Å². The molecule has 0 radical (unpaired) electrons. The van der Waals surface area contributed by atoms with Crippen molar-refractivity contribution in [3.05, 3.63) is 53.2 Å². The first-order chi connectivity index (χ1) is 5.89. The molecule has 1 N–H and O–H groups in total. The molecule has 1 aromatic carbocycles. The van der Waals surface area contributed by atoms with Gasteiger partial charge in [-0.15, -0.1) is 11.3 Å². The van der Waals surface area contributed by atoms with Gasteiger partial charge in [0.15, 0.2) is 0 Å². The predicted octanol–water partition coefficient (Wildman–Crippen LogP) is 3.14. The molecular formula is C10H10OS. The van der Waals surface area contributed by atoms with Crippen LogP contribution in [0.2, 0.25) is 0 Å². The van der Waals surface area contributed by atoms with Gasteiger partial charge in [0.05, 0.1) is 0 Å². The third-order valence-corrected chi connectivity index (χ3v) is 1.84. The quantitative estimate of drug-likeness (QED) is 0.657. The molecule has 1 aromatic heterocycles. The van der Waals surface area contributed by atoms with Gasteiger partial charge in [-0.1, -0.05) is 36.4 Å². The van der Waals surface area contributed by atoms with Gasteiger partial charge in [0.2, 0.25) is 0 Å². The Balaban J connectivity index is 0.000000120. The maximum atomic E-state index is 8.48. The largest absolute Gasteiger partial charge is 0.507 e. The lowest BCUT2D eigenvalue weighted by molar-refractivity contribution is 0.478. The molecule has 0 aliphatic carbocycles. The number of hydrogen-bond donors (Lipinski definition) is 1. The Bertz CT molecular complexity index is 249. The molecular weight excluding hydrogens is 168 g/mol. The smallest absolute Gasteiger partial charge is 0.126 e. The first kappa shape index (κ1) is 8.81. The minimum atomic E-state index is 0.361. The van der Waals surface area contributed by atoms with Gasteiger partial charge in [-0.25, -0.2) is 0 Å². The van der Waals surface area contributed by atoms with E-state index in [9.17, 15) is 0 Å². The third kappa shape index (κ3) is 3.78. The zero-order chi connectivity index (χ0) is 8.65. The molecule has 0 bridgehead atoms. The van der Waals surface area contributed by atoms with Crippen molar-refractivity contribution in [1.29, 1.82) is 0 Å². The van der Waals surface area contributed by atoms with Gasteiger partial charge in [-0.05, 0) is 11.4 Å². The van der Waals surface area contributed by atoms with Crippen LogP contribution in [0, 0.1) is 0 Å². The summed E-state index contributed by atoms with van der Waals surface area (Å²) in [6.07, 6.45) is 0. The molecule has 0 atom stereocenters. The van der Waals surface area contributed by atoms with Crippen LogP contribution in [-0.2, 0) is 0 Å². The topological polar surface area (TPSA) is 20.2 Å². The van der Waals surface area contributed by atoms with Crippen LogP contribution in [0.3, 0.4) is 0 Å². The molecule has 62 valence electrons. The van der Waals surface area contributed by atoms with Gasteiger partial charge in [-0.2, -0.15) is 0 Å². The summed E-state index contributed by atoms with van der Waals surface area (Å²) in [5, 5.41) is 12.0. The molecule has 1 nitrogen and oxygen atoms in total. The molecule has 0 aliphatic rings. The molecule has 2 rings (SSSR count). The lowest BCUT2D eigenvalue weighted by Gasteiger charge is -1.69.